The summed E-state index contributed by atoms with van der Waals surface area (Å²) in [6.45, 7) is 0. The van der Waals surface area contributed by atoms with Crippen LogP contribution in [0, 0.1) is 10.1 Å². The molecule has 1 fully saturated rings. The molecule has 1 saturated carbocycles. The van der Waals surface area contributed by atoms with Gasteiger partial charge in [-0.05, 0) is 19.3 Å². The van der Waals surface area contributed by atoms with Crippen LogP contribution in [0.5, 0.6) is 5.88 Å². The highest BCUT2D eigenvalue weighted by atomic mass is 35.5. The summed E-state index contributed by atoms with van der Waals surface area (Å²) in [5.74, 6) is 0.284. The van der Waals surface area contributed by atoms with E-state index in [1.54, 1.807) is 0 Å². The number of aromatic nitrogens is 1. The number of pyridine rings is 1. The molecule has 15 heavy (non-hydrogen) atoms. The molecule has 0 atom stereocenters. The number of hydrogen-bond acceptors (Lipinski definition) is 4. The van der Waals surface area contributed by atoms with Crippen molar-refractivity contribution in [3.05, 3.63) is 27.4 Å². The number of nitro groups is 1. The van der Waals surface area contributed by atoms with Crippen molar-refractivity contribution in [3.8, 4) is 5.88 Å². The van der Waals surface area contributed by atoms with E-state index in [4.69, 9.17) is 16.3 Å². The zero-order valence-corrected chi connectivity index (χ0v) is 8.61. The molecule has 0 unspecified atom stereocenters. The van der Waals surface area contributed by atoms with E-state index in [0.29, 0.717) is 0 Å². The molecule has 0 spiro atoms. The molecule has 1 heterocycles. The van der Waals surface area contributed by atoms with Gasteiger partial charge in [0.25, 0.3) is 5.69 Å². The molecule has 0 saturated heterocycles. The molecule has 6 heteroatoms. The van der Waals surface area contributed by atoms with Gasteiger partial charge in [-0.1, -0.05) is 11.6 Å². The van der Waals surface area contributed by atoms with Crippen LogP contribution in [0.2, 0.25) is 5.02 Å². The molecular weight excluding hydrogens is 220 g/mol. The normalized spacial score (nSPS) is 15.8. The number of nitrogens with zero attached hydrogens (tertiary/aromatic N) is 2. The minimum absolute atomic E-state index is 0.124. The quantitative estimate of drug-likeness (QED) is 0.589. The third-order valence-electron chi connectivity index (χ3n) is 2.33. The first-order valence-corrected chi connectivity index (χ1v) is 5.01. The van der Waals surface area contributed by atoms with E-state index in [0.717, 1.165) is 25.5 Å². The monoisotopic (exact) mass is 228 g/mol. The highest BCUT2D eigenvalue weighted by Gasteiger charge is 2.21. The molecule has 5 nitrogen and oxygen atoms in total. The van der Waals surface area contributed by atoms with Gasteiger partial charge in [0.2, 0.25) is 5.88 Å². The van der Waals surface area contributed by atoms with Gasteiger partial charge in [-0.15, -0.1) is 0 Å². The maximum absolute atomic E-state index is 10.4. The lowest BCUT2D eigenvalue weighted by molar-refractivity contribution is -0.385. The van der Waals surface area contributed by atoms with Crippen molar-refractivity contribution >= 4 is 17.3 Å². The summed E-state index contributed by atoms with van der Waals surface area (Å²) in [5, 5.41) is 10.6. The molecule has 1 aliphatic carbocycles. The lowest BCUT2D eigenvalue weighted by Gasteiger charge is -2.25. The molecule has 1 aromatic rings. The molecule has 0 radical (unpaired) electrons. The van der Waals surface area contributed by atoms with Gasteiger partial charge in [0.05, 0.1) is 4.92 Å². The SMILES string of the molecule is O=[N+]([O-])c1cnc(OC2CCC2)c(Cl)c1. The second-order valence-corrected chi connectivity index (χ2v) is 3.82. The summed E-state index contributed by atoms with van der Waals surface area (Å²) >= 11 is 5.81. The Hall–Kier alpha value is -1.36. The lowest BCUT2D eigenvalue weighted by Crippen LogP contribution is -2.25. The van der Waals surface area contributed by atoms with Gasteiger partial charge < -0.3 is 4.74 Å². The molecule has 2 rings (SSSR count). The van der Waals surface area contributed by atoms with Crippen molar-refractivity contribution < 1.29 is 9.66 Å². The molecule has 0 aromatic carbocycles. The van der Waals surface area contributed by atoms with Crippen LogP contribution in [0.1, 0.15) is 19.3 Å². The van der Waals surface area contributed by atoms with Crippen LogP contribution in [0.3, 0.4) is 0 Å². The van der Waals surface area contributed by atoms with Crippen molar-refractivity contribution in [3.63, 3.8) is 0 Å². The molecule has 0 N–H and O–H groups in total. The van der Waals surface area contributed by atoms with Gasteiger partial charge in [-0.2, -0.15) is 0 Å². The molecular formula is C9H9ClN2O3. The Balaban J connectivity index is 2.14. The first-order chi connectivity index (χ1) is 7.16. The van der Waals surface area contributed by atoms with E-state index in [1.807, 2.05) is 0 Å². The van der Waals surface area contributed by atoms with Gasteiger partial charge in [0.1, 0.15) is 17.3 Å². The van der Waals surface area contributed by atoms with Crippen LogP contribution in [0.25, 0.3) is 0 Å². The van der Waals surface area contributed by atoms with Crippen LogP contribution in [0.15, 0.2) is 12.3 Å². The predicted octanol–water partition coefficient (Wildman–Crippen LogP) is 2.57. The molecule has 1 aliphatic rings. The summed E-state index contributed by atoms with van der Waals surface area (Å²) in [6.07, 6.45) is 4.45. The summed E-state index contributed by atoms with van der Waals surface area (Å²) in [5.41, 5.74) is -0.124. The lowest BCUT2D eigenvalue weighted by atomic mass is 9.96. The van der Waals surface area contributed by atoms with Crippen LogP contribution >= 0.6 is 11.6 Å². The van der Waals surface area contributed by atoms with Crippen molar-refractivity contribution in [2.45, 2.75) is 25.4 Å². The third kappa shape index (κ3) is 2.18. The van der Waals surface area contributed by atoms with E-state index >= 15 is 0 Å². The Morgan fingerprint density at radius 2 is 2.33 bits per heavy atom. The Labute approximate surface area is 91.2 Å². The van der Waals surface area contributed by atoms with Crippen LogP contribution in [0.4, 0.5) is 5.69 Å². The van der Waals surface area contributed by atoms with Crippen LogP contribution in [-0.2, 0) is 0 Å². The molecule has 80 valence electrons. The van der Waals surface area contributed by atoms with Gasteiger partial charge in [-0.3, -0.25) is 10.1 Å². The van der Waals surface area contributed by atoms with Crippen LogP contribution in [-0.4, -0.2) is 16.0 Å². The third-order valence-corrected chi connectivity index (χ3v) is 2.61. The topological polar surface area (TPSA) is 65.3 Å². The average molecular weight is 229 g/mol. The van der Waals surface area contributed by atoms with Gasteiger partial charge in [0.15, 0.2) is 0 Å². The van der Waals surface area contributed by atoms with E-state index in [9.17, 15) is 10.1 Å². The molecule has 1 aromatic heterocycles. The smallest absolute Gasteiger partial charge is 0.289 e. The minimum atomic E-state index is -0.536. The van der Waals surface area contributed by atoms with E-state index in [-0.39, 0.29) is 22.7 Å². The van der Waals surface area contributed by atoms with Crippen molar-refractivity contribution in [1.29, 1.82) is 0 Å². The number of halogens is 1. The number of hydrogen-bond donors (Lipinski definition) is 0. The fourth-order valence-electron chi connectivity index (χ4n) is 1.25. The molecule has 0 bridgehead atoms. The van der Waals surface area contributed by atoms with Gasteiger partial charge in [0, 0.05) is 6.07 Å². The molecule has 0 amide bonds. The Morgan fingerprint density at radius 3 is 2.80 bits per heavy atom. The summed E-state index contributed by atoms with van der Waals surface area (Å²) < 4.78 is 5.45. The predicted molar refractivity (Wildman–Crippen MR) is 54.2 cm³/mol. The standard InChI is InChI=1S/C9H9ClN2O3/c10-8-4-6(12(13)14)5-11-9(8)15-7-2-1-3-7/h4-5,7H,1-3H2. The summed E-state index contributed by atoms with van der Waals surface area (Å²) in [4.78, 5) is 13.7. The largest absolute Gasteiger partial charge is 0.473 e. The minimum Gasteiger partial charge on any atom is -0.473 e. The zero-order chi connectivity index (χ0) is 10.8. The maximum atomic E-state index is 10.4. The van der Waals surface area contributed by atoms with Crippen molar-refractivity contribution in [2.75, 3.05) is 0 Å². The Bertz CT molecular complexity index is 393. The van der Waals surface area contributed by atoms with E-state index in [1.165, 1.54) is 6.07 Å². The van der Waals surface area contributed by atoms with E-state index in [2.05, 4.69) is 4.98 Å². The highest BCUT2D eigenvalue weighted by Crippen LogP contribution is 2.30. The fourth-order valence-corrected chi connectivity index (χ4v) is 1.45. The summed E-state index contributed by atoms with van der Waals surface area (Å²) in [6, 6.07) is 1.25. The Morgan fingerprint density at radius 1 is 1.60 bits per heavy atom. The maximum Gasteiger partial charge on any atom is 0.289 e. The van der Waals surface area contributed by atoms with Crippen molar-refractivity contribution in [2.24, 2.45) is 0 Å². The van der Waals surface area contributed by atoms with Crippen LogP contribution < -0.4 is 4.74 Å². The van der Waals surface area contributed by atoms with Crippen molar-refractivity contribution in [1.82, 2.24) is 4.98 Å². The Kier molecular flexibility index (Phi) is 2.73. The summed E-state index contributed by atoms with van der Waals surface area (Å²) in [7, 11) is 0. The first kappa shape index (κ1) is 10.2. The average Bonchev–Trinajstić information content (AvgIpc) is 2.12. The second-order valence-electron chi connectivity index (χ2n) is 3.41. The zero-order valence-electron chi connectivity index (χ0n) is 7.85. The first-order valence-electron chi connectivity index (χ1n) is 4.63. The molecule has 0 aliphatic heterocycles. The number of rotatable bonds is 3. The second kappa shape index (κ2) is 4.02. The van der Waals surface area contributed by atoms with Gasteiger partial charge >= 0.3 is 0 Å². The van der Waals surface area contributed by atoms with Gasteiger partial charge in [-0.25, -0.2) is 4.98 Å². The number of ether oxygens (including phenoxy) is 1. The van der Waals surface area contributed by atoms with E-state index < -0.39 is 4.92 Å². The highest BCUT2D eigenvalue weighted by molar-refractivity contribution is 6.32. The fraction of sp³-hybridized carbons (Fsp3) is 0.444.